The fourth-order valence-electron chi connectivity index (χ4n) is 3.01. The summed E-state index contributed by atoms with van der Waals surface area (Å²) < 4.78 is 0. The lowest BCUT2D eigenvalue weighted by Gasteiger charge is -2.13. The number of hydrogen-bond donors (Lipinski definition) is 3. The van der Waals surface area contributed by atoms with Crippen LogP contribution in [0.15, 0.2) is 48.5 Å². The van der Waals surface area contributed by atoms with E-state index in [9.17, 15) is 0 Å². The third-order valence-corrected chi connectivity index (χ3v) is 4.84. The first-order chi connectivity index (χ1) is 11.7. The third kappa shape index (κ3) is 5.20. The predicted octanol–water partition coefficient (Wildman–Crippen LogP) is 3.01. The lowest BCUT2D eigenvalue weighted by molar-refractivity contribution is -0.901. The van der Waals surface area contributed by atoms with Crippen LogP contribution in [0.1, 0.15) is 24.0 Å². The van der Waals surface area contributed by atoms with E-state index >= 15 is 0 Å². The van der Waals surface area contributed by atoms with Gasteiger partial charge in [0.2, 0.25) is 0 Å². The summed E-state index contributed by atoms with van der Waals surface area (Å²) >= 11 is 11.2. The molecule has 0 amide bonds. The second-order valence-corrected chi connectivity index (χ2v) is 7.11. The van der Waals surface area contributed by atoms with Crippen LogP contribution in [0.4, 0.5) is 5.69 Å². The van der Waals surface area contributed by atoms with E-state index in [1.54, 1.807) is 4.90 Å². The second-order valence-electron chi connectivity index (χ2n) is 6.26. The number of nitrogens with one attached hydrogen (secondary N) is 3. The Morgan fingerprint density at radius 1 is 0.958 bits per heavy atom. The van der Waals surface area contributed by atoms with Gasteiger partial charge >= 0.3 is 0 Å². The Bertz CT molecular complexity index is 664. The molecule has 1 aliphatic rings. The number of rotatable bonds is 5. The minimum absolute atomic E-state index is 0.614. The van der Waals surface area contributed by atoms with Crippen LogP contribution in [0, 0.1) is 0 Å². The first-order valence-electron chi connectivity index (χ1n) is 8.41. The third-order valence-electron chi connectivity index (χ3n) is 4.34. The Balaban J connectivity index is 1.45. The van der Waals surface area contributed by atoms with Crippen molar-refractivity contribution in [2.45, 2.75) is 25.9 Å². The normalized spacial score (nSPS) is 14.5. The van der Waals surface area contributed by atoms with Gasteiger partial charge in [0.05, 0.1) is 13.1 Å². The predicted molar refractivity (Wildman–Crippen MR) is 105 cm³/mol. The minimum atomic E-state index is 0.614. The molecule has 1 aliphatic heterocycles. The average Bonchev–Trinajstić information content (AvgIpc) is 3.09. The molecule has 1 fully saturated rings. The number of hydrogen-bond acceptors (Lipinski definition) is 1. The van der Waals surface area contributed by atoms with Crippen LogP contribution in [-0.2, 0) is 13.1 Å². The molecule has 0 unspecified atom stereocenters. The molecule has 0 atom stereocenters. The van der Waals surface area contributed by atoms with Crippen LogP contribution >= 0.6 is 23.8 Å². The van der Waals surface area contributed by atoms with E-state index in [1.165, 1.54) is 37.1 Å². The number of quaternary nitrogens is 1. The lowest BCUT2D eigenvalue weighted by Crippen LogP contribution is -3.08. The first kappa shape index (κ1) is 17.2. The van der Waals surface area contributed by atoms with Crippen molar-refractivity contribution in [2.75, 3.05) is 18.4 Å². The van der Waals surface area contributed by atoms with Gasteiger partial charge in [0.15, 0.2) is 5.11 Å². The molecule has 2 aromatic carbocycles. The summed E-state index contributed by atoms with van der Waals surface area (Å²) in [7, 11) is 0. The van der Waals surface area contributed by atoms with Gasteiger partial charge in [-0.05, 0) is 42.0 Å². The van der Waals surface area contributed by atoms with E-state index in [-0.39, 0.29) is 0 Å². The van der Waals surface area contributed by atoms with Crippen LogP contribution in [0.25, 0.3) is 0 Å². The lowest BCUT2D eigenvalue weighted by atomic mass is 10.1. The number of benzene rings is 2. The van der Waals surface area contributed by atoms with E-state index in [0.717, 1.165) is 23.8 Å². The maximum atomic E-state index is 5.88. The molecular weight excluding hydrogens is 338 g/mol. The summed E-state index contributed by atoms with van der Waals surface area (Å²) in [6.45, 7) is 4.49. The Kier molecular flexibility index (Phi) is 6.07. The number of likely N-dealkylation sites (tertiary alicyclic amines) is 1. The molecule has 0 saturated carbocycles. The van der Waals surface area contributed by atoms with Gasteiger partial charge in [0, 0.05) is 35.7 Å². The molecule has 3 nitrogen and oxygen atoms in total. The van der Waals surface area contributed by atoms with Gasteiger partial charge in [-0.2, -0.15) is 0 Å². The van der Waals surface area contributed by atoms with Crippen molar-refractivity contribution >= 4 is 34.6 Å². The summed E-state index contributed by atoms with van der Waals surface area (Å²) in [5.74, 6) is 0. The SMILES string of the molecule is S=C(NCc1ccc(C[NH+]2CCCC2)cc1)Nc1ccc(Cl)cc1. The van der Waals surface area contributed by atoms with Crippen molar-refractivity contribution < 1.29 is 4.90 Å². The molecule has 126 valence electrons. The van der Waals surface area contributed by atoms with Crippen molar-refractivity contribution in [3.63, 3.8) is 0 Å². The highest BCUT2D eigenvalue weighted by Gasteiger charge is 2.15. The Hall–Kier alpha value is -1.62. The van der Waals surface area contributed by atoms with Gasteiger partial charge in [-0.1, -0.05) is 35.9 Å². The number of anilines is 1. The first-order valence-corrected chi connectivity index (χ1v) is 9.19. The summed E-state index contributed by atoms with van der Waals surface area (Å²) in [6.07, 6.45) is 2.74. The van der Waals surface area contributed by atoms with Gasteiger partial charge in [-0.3, -0.25) is 0 Å². The highest BCUT2D eigenvalue weighted by molar-refractivity contribution is 7.80. The van der Waals surface area contributed by atoms with Gasteiger partial charge < -0.3 is 15.5 Å². The largest absolute Gasteiger partial charge is 0.358 e. The minimum Gasteiger partial charge on any atom is -0.358 e. The van der Waals surface area contributed by atoms with E-state index < -0.39 is 0 Å². The monoisotopic (exact) mass is 360 g/mol. The average molecular weight is 361 g/mol. The summed E-state index contributed by atoms with van der Waals surface area (Å²) in [5, 5.41) is 7.73. The van der Waals surface area contributed by atoms with E-state index in [0.29, 0.717) is 5.11 Å². The van der Waals surface area contributed by atoms with Gasteiger partial charge in [-0.25, -0.2) is 0 Å². The molecule has 0 aliphatic carbocycles. The molecular formula is C19H23ClN3S+. The van der Waals surface area contributed by atoms with Crippen molar-refractivity contribution in [3.8, 4) is 0 Å². The fourth-order valence-corrected chi connectivity index (χ4v) is 3.32. The summed E-state index contributed by atoms with van der Waals surface area (Å²) in [5.41, 5.74) is 3.58. The van der Waals surface area contributed by atoms with E-state index in [2.05, 4.69) is 34.9 Å². The molecule has 3 rings (SSSR count). The smallest absolute Gasteiger partial charge is 0.171 e. The second kappa shape index (κ2) is 8.47. The molecule has 0 spiro atoms. The standard InChI is InChI=1S/C19H22ClN3S/c20-17-7-9-18(10-8-17)22-19(24)21-13-15-3-5-16(6-4-15)14-23-11-1-2-12-23/h3-10H,1-2,11-14H2,(H2,21,22,24)/p+1. The quantitative estimate of drug-likeness (QED) is 0.716. The molecule has 1 saturated heterocycles. The van der Waals surface area contributed by atoms with Crippen LogP contribution in [-0.4, -0.2) is 18.2 Å². The summed E-state index contributed by atoms with van der Waals surface area (Å²) in [4.78, 5) is 1.70. The van der Waals surface area contributed by atoms with Crippen LogP contribution in [0.5, 0.6) is 0 Å². The van der Waals surface area contributed by atoms with Gasteiger partial charge in [0.1, 0.15) is 6.54 Å². The maximum Gasteiger partial charge on any atom is 0.171 e. The highest BCUT2D eigenvalue weighted by Crippen LogP contribution is 2.13. The Morgan fingerprint density at radius 3 is 2.25 bits per heavy atom. The zero-order valence-corrected chi connectivity index (χ0v) is 15.2. The Labute approximate surface area is 154 Å². The summed E-state index contributed by atoms with van der Waals surface area (Å²) in [6, 6.07) is 16.3. The highest BCUT2D eigenvalue weighted by atomic mass is 35.5. The number of halogens is 1. The van der Waals surface area contributed by atoms with Crippen molar-refractivity contribution in [1.29, 1.82) is 0 Å². The molecule has 0 bridgehead atoms. The van der Waals surface area contributed by atoms with Crippen molar-refractivity contribution in [2.24, 2.45) is 0 Å². The molecule has 2 aromatic rings. The van der Waals surface area contributed by atoms with Crippen LogP contribution in [0.2, 0.25) is 5.02 Å². The zero-order chi connectivity index (χ0) is 16.8. The van der Waals surface area contributed by atoms with E-state index in [4.69, 9.17) is 23.8 Å². The molecule has 0 radical (unpaired) electrons. The van der Waals surface area contributed by atoms with Gasteiger partial charge in [-0.15, -0.1) is 0 Å². The molecule has 24 heavy (non-hydrogen) atoms. The van der Waals surface area contributed by atoms with Crippen LogP contribution < -0.4 is 15.5 Å². The van der Waals surface area contributed by atoms with Crippen molar-refractivity contribution in [3.05, 3.63) is 64.7 Å². The molecule has 3 N–H and O–H groups in total. The topological polar surface area (TPSA) is 28.5 Å². The molecule has 5 heteroatoms. The Morgan fingerprint density at radius 2 is 1.58 bits per heavy atom. The fraction of sp³-hybridized carbons (Fsp3) is 0.316. The number of thiocarbonyl (C=S) groups is 1. The molecule has 0 aromatic heterocycles. The molecule has 1 heterocycles. The zero-order valence-electron chi connectivity index (χ0n) is 13.6. The van der Waals surface area contributed by atoms with Crippen LogP contribution in [0.3, 0.4) is 0 Å². The van der Waals surface area contributed by atoms with E-state index in [1.807, 2.05) is 24.3 Å². The van der Waals surface area contributed by atoms with Crippen molar-refractivity contribution in [1.82, 2.24) is 5.32 Å². The maximum absolute atomic E-state index is 5.88. The van der Waals surface area contributed by atoms with Gasteiger partial charge in [0.25, 0.3) is 0 Å².